The fourth-order valence-corrected chi connectivity index (χ4v) is 2.36. The molecule has 5 heteroatoms. The number of hydrogen-bond donors (Lipinski definition) is 1. The molecule has 0 atom stereocenters. The van der Waals surface area contributed by atoms with E-state index in [0.29, 0.717) is 5.82 Å². The van der Waals surface area contributed by atoms with Crippen LogP contribution in [0, 0.1) is 5.82 Å². The molecule has 0 aliphatic carbocycles. The van der Waals surface area contributed by atoms with Crippen LogP contribution in [0.1, 0.15) is 38.6 Å². The molecular weight excluding hydrogens is 333 g/mol. The number of hydrogen-bond acceptors (Lipinski definition) is 3. The first-order chi connectivity index (χ1) is 9.95. The third-order valence-electron chi connectivity index (χ3n) is 3.41. The molecule has 1 heterocycles. The first-order valence-corrected chi connectivity index (χ1v) is 7.77. The molecule has 1 aromatic carbocycles. The van der Waals surface area contributed by atoms with Crippen LogP contribution in [0.25, 0.3) is 0 Å². The smallest absolute Gasteiger partial charge is 0.144 e. The van der Waals surface area contributed by atoms with E-state index < -0.39 is 5.41 Å². The number of rotatable bonds is 5. The normalized spacial score (nSPS) is 11.5. The zero-order chi connectivity index (χ0) is 15.5. The van der Waals surface area contributed by atoms with Gasteiger partial charge in [-0.3, -0.25) is 0 Å². The minimum atomic E-state index is -0.392. The Bertz CT molecular complexity index is 611. The maximum absolute atomic E-state index is 13.1. The van der Waals surface area contributed by atoms with Gasteiger partial charge in [-0.25, -0.2) is 14.4 Å². The van der Waals surface area contributed by atoms with E-state index in [0.717, 1.165) is 28.8 Å². The van der Waals surface area contributed by atoms with E-state index in [2.05, 4.69) is 38.1 Å². The van der Waals surface area contributed by atoms with E-state index >= 15 is 0 Å². The molecule has 0 aliphatic heterocycles. The van der Waals surface area contributed by atoms with Crippen LogP contribution in [0.3, 0.4) is 0 Å². The topological polar surface area (TPSA) is 37.8 Å². The van der Waals surface area contributed by atoms with Gasteiger partial charge >= 0.3 is 0 Å². The SMILES string of the molecule is CCCNc1nc(C(C)(C)c2ccc(F)cc2)ncc1Br. The quantitative estimate of drug-likeness (QED) is 0.859. The zero-order valence-corrected chi connectivity index (χ0v) is 14.0. The highest BCUT2D eigenvalue weighted by atomic mass is 79.9. The molecule has 3 nitrogen and oxygen atoms in total. The van der Waals surface area contributed by atoms with Crippen LogP contribution in [0.2, 0.25) is 0 Å². The summed E-state index contributed by atoms with van der Waals surface area (Å²) in [6.07, 6.45) is 2.78. The van der Waals surface area contributed by atoms with Gasteiger partial charge in [-0.2, -0.15) is 0 Å². The molecule has 0 spiro atoms. The number of aromatic nitrogens is 2. The molecule has 21 heavy (non-hydrogen) atoms. The van der Waals surface area contributed by atoms with Crippen LogP contribution < -0.4 is 5.32 Å². The van der Waals surface area contributed by atoms with E-state index in [1.54, 1.807) is 18.3 Å². The van der Waals surface area contributed by atoms with Crippen molar-refractivity contribution in [3.8, 4) is 0 Å². The predicted octanol–water partition coefficient (Wildman–Crippen LogP) is 4.53. The van der Waals surface area contributed by atoms with Crippen LogP contribution in [0.15, 0.2) is 34.9 Å². The highest BCUT2D eigenvalue weighted by Gasteiger charge is 2.27. The summed E-state index contributed by atoms with van der Waals surface area (Å²) in [5.41, 5.74) is 0.587. The summed E-state index contributed by atoms with van der Waals surface area (Å²) in [4.78, 5) is 9.04. The van der Waals surface area contributed by atoms with E-state index in [1.165, 1.54) is 12.1 Å². The summed E-state index contributed by atoms with van der Waals surface area (Å²) < 4.78 is 13.9. The first-order valence-electron chi connectivity index (χ1n) is 6.98. The number of benzene rings is 1. The van der Waals surface area contributed by atoms with E-state index in [-0.39, 0.29) is 5.82 Å². The van der Waals surface area contributed by atoms with E-state index in [1.807, 2.05) is 13.8 Å². The molecule has 0 unspecified atom stereocenters. The first kappa shape index (κ1) is 15.9. The summed E-state index contributed by atoms with van der Waals surface area (Å²) in [7, 11) is 0. The molecule has 0 amide bonds. The Hall–Kier alpha value is -1.49. The Morgan fingerprint density at radius 2 is 1.90 bits per heavy atom. The Balaban J connectivity index is 2.37. The minimum absolute atomic E-state index is 0.239. The molecule has 1 aromatic heterocycles. The fraction of sp³-hybridized carbons (Fsp3) is 0.375. The molecule has 0 radical (unpaired) electrons. The summed E-state index contributed by atoms with van der Waals surface area (Å²) >= 11 is 3.46. The Morgan fingerprint density at radius 3 is 2.52 bits per heavy atom. The Kier molecular flexibility index (Phi) is 4.93. The molecule has 1 N–H and O–H groups in total. The number of nitrogens with zero attached hydrogens (tertiary/aromatic N) is 2. The molecule has 0 bridgehead atoms. The zero-order valence-electron chi connectivity index (χ0n) is 12.5. The largest absolute Gasteiger partial charge is 0.369 e. The second-order valence-corrected chi connectivity index (χ2v) is 6.30. The number of halogens is 2. The highest BCUT2D eigenvalue weighted by molar-refractivity contribution is 9.10. The molecule has 2 rings (SSSR count). The third kappa shape index (κ3) is 3.59. The van der Waals surface area contributed by atoms with Gasteiger partial charge in [0, 0.05) is 18.2 Å². The number of nitrogens with one attached hydrogen (secondary N) is 1. The standard InChI is InChI=1S/C16H19BrFN3/c1-4-9-19-14-13(17)10-20-15(21-14)16(2,3)11-5-7-12(18)8-6-11/h5-8,10H,4,9H2,1-3H3,(H,19,20,21). The predicted molar refractivity (Wildman–Crippen MR) is 87.0 cm³/mol. The average molecular weight is 352 g/mol. The molecular formula is C16H19BrFN3. The van der Waals surface area contributed by atoms with Crippen LogP contribution in [0.5, 0.6) is 0 Å². The monoisotopic (exact) mass is 351 g/mol. The second kappa shape index (κ2) is 6.52. The lowest BCUT2D eigenvalue weighted by molar-refractivity contribution is 0.583. The third-order valence-corrected chi connectivity index (χ3v) is 3.99. The van der Waals surface area contributed by atoms with Gasteiger partial charge in [-0.05, 0) is 53.9 Å². The molecule has 2 aromatic rings. The fourth-order valence-electron chi connectivity index (χ4n) is 2.03. The summed E-state index contributed by atoms with van der Waals surface area (Å²) in [6.45, 7) is 7.03. The van der Waals surface area contributed by atoms with E-state index in [4.69, 9.17) is 0 Å². The van der Waals surface area contributed by atoms with Crippen molar-refractivity contribution < 1.29 is 4.39 Å². The van der Waals surface area contributed by atoms with Crippen molar-refractivity contribution in [3.63, 3.8) is 0 Å². The molecule has 0 aliphatic rings. The minimum Gasteiger partial charge on any atom is -0.369 e. The van der Waals surface area contributed by atoms with Crippen molar-refractivity contribution in [1.29, 1.82) is 0 Å². The summed E-state index contributed by atoms with van der Waals surface area (Å²) in [5, 5.41) is 3.28. The van der Waals surface area contributed by atoms with Crippen molar-refractivity contribution in [1.82, 2.24) is 9.97 Å². The van der Waals surface area contributed by atoms with Crippen molar-refractivity contribution in [2.75, 3.05) is 11.9 Å². The lowest BCUT2D eigenvalue weighted by Crippen LogP contribution is -2.23. The molecule has 0 saturated heterocycles. The lowest BCUT2D eigenvalue weighted by atomic mass is 9.84. The van der Waals surface area contributed by atoms with Gasteiger partial charge in [0.25, 0.3) is 0 Å². The van der Waals surface area contributed by atoms with Crippen LogP contribution >= 0.6 is 15.9 Å². The van der Waals surface area contributed by atoms with Gasteiger partial charge in [-0.15, -0.1) is 0 Å². The van der Waals surface area contributed by atoms with Crippen LogP contribution in [-0.2, 0) is 5.41 Å². The van der Waals surface area contributed by atoms with Gasteiger partial charge in [0.1, 0.15) is 17.5 Å². The molecule has 0 saturated carbocycles. The van der Waals surface area contributed by atoms with Gasteiger partial charge in [0.15, 0.2) is 0 Å². The lowest BCUT2D eigenvalue weighted by Gasteiger charge is -2.24. The van der Waals surface area contributed by atoms with Gasteiger partial charge in [0.05, 0.1) is 4.47 Å². The average Bonchev–Trinajstić information content (AvgIpc) is 2.46. The van der Waals surface area contributed by atoms with Gasteiger partial charge in [0.2, 0.25) is 0 Å². The van der Waals surface area contributed by atoms with Crippen molar-refractivity contribution in [2.45, 2.75) is 32.6 Å². The summed E-state index contributed by atoms with van der Waals surface area (Å²) in [5.74, 6) is 1.25. The maximum atomic E-state index is 13.1. The highest BCUT2D eigenvalue weighted by Crippen LogP contribution is 2.31. The van der Waals surface area contributed by atoms with Crippen molar-refractivity contribution >= 4 is 21.7 Å². The van der Waals surface area contributed by atoms with Gasteiger partial charge < -0.3 is 5.32 Å². The van der Waals surface area contributed by atoms with Crippen LogP contribution in [-0.4, -0.2) is 16.5 Å². The Morgan fingerprint density at radius 1 is 1.24 bits per heavy atom. The van der Waals surface area contributed by atoms with Gasteiger partial charge in [-0.1, -0.05) is 19.1 Å². The molecule has 112 valence electrons. The van der Waals surface area contributed by atoms with E-state index in [9.17, 15) is 4.39 Å². The Labute approximate surface area is 133 Å². The van der Waals surface area contributed by atoms with Crippen molar-refractivity contribution in [3.05, 3.63) is 52.1 Å². The van der Waals surface area contributed by atoms with Crippen molar-refractivity contribution in [2.24, 2.45) is 0 Å². The number of anilines is 1. The van der Waals surface area contributed by atoms with Crippen LogP contribution in [0.4, 0.5) is 10.2 Å². The summed E-state index contributed by atoms with van der Waals surface area (Å²) in [6, 6.07) is 6.48. The molecule has 0 fully saturated rings. The maximum Gasteiger partial charge on any atom is 0.144 e. The second-order valence-electron chi connectivity index (χ2n) is 5.45.